The van der Waals surface area contributed by atoms with Gasteiger partial charge in [-0.05, 0) is 56.5 Å². The standard InChI is InChI=1S/C23H36ClN5O/c1-25-22(26-19-23(7-15-30-16-8-23)29-9-2-3-10-29)28-13-11-27(12-14-28)18-20-5-4-6-21(24)17-20/h4-6,17H,2-3,7-16,18-19H2,1H3,(H,25,26). The Hall–Kier alpha value is -1.34. The van der Waals surface area contributed by atoms with Crippen LogP contribution in [-0.4, -0.2) is 92.3 Å². The number of nitrogens with one attached hydrogen (secondary N) is 1. The third-order valence-electron chi connectivity index (χ3n) is 6.95. The minimum Gasteiger partial charge on any atom is -0.381 e. The number of benzene rings is 1. The Bertz CT molecular complexity index is 707. The molecule has 166 valence electrons. The van der Waals surface area contributed by atoms with Gasteiger partial charge in [0.05, 0.1) is 0 Å². The number of halogens is 1. The van der Waals surface area contributed by atoms with Gasteiger partial charge in [-0.2, -0.15) is 0 Å². The normalized spacial score (nSPS) is 23.7. The Labute approximate surface area is 186 Å². The van der Waals surface area contributed by atoms with Crippen LogP contribution >= 0.6 is 11.6 Å². The predicted molar refractivity (Wildman–Crippen MR) is 123 cm³/mol. The summed E-state index contributed by atoms with van der Waals surface area (Å²) in [7, 11) is 1.91. The van der Waals surface area contributed by atoms with Crippen molar-refractivity contribution in [3.63, 3.8) is 0 Å². The van der Waals surface area contributed by atoms with E-state index in [9.17, 15) is 0 Å². The summed E-state index contributed by atoms with van der Waals surface area (Å²) in [6.45, 7) is 10.2. The van der Waals surface area contributed by atoms with E-state index < -0.39 is 0 Å². The monoisotopic (exact) mass is 433 g/mol. The maximum atomic E-state index is 6.14. The van der Waals surface area contributed by atoms with Crippen LogP contribution < -0.4 is 5.32 Å². The highest BCUT2D eigenvalue weighted by Crippen LogP contribution is 2.30. The zero-order chi connectivity index (χ0) is 20.8. The van der Waals surface area contributed by atoms with Gasteiger partial charge in [-0.1, -0.05) is 23.7 Å². The average molecular weight is 434 g/mol. The van der Waals surface area contributed by atoms with Crippen molar-refractivity contribution in [3.8, 4) is 0 Å². The lowest BCUT2D eigenvalue weighted by atomic mass is 9.88. The molecule has 3 aliphatic rings. The van der Waals surface area contributed by atoms with Crippen LogP contribution in [0.4, 0.5) is 0 Å². The summed E-state index contributed by atoms with van der Waals surface area (Å²) in [5.41, 5.74) is 1.50. The minimum atomic E-state index is 0.221. The van der Waals surface area contributed by atoms with Crippen molar-refractivity contribution in [2.75, 3.05) is 66.1 Å². The molecule has 7 heteroatoms. The van der Waals surface area contributed by atoms with Crippen molar-refractivity contribution in [1.82, 2.24) is 20.0 Å². The molecule has 0 amide bonds. The van der Waals surface area contributed by atoms with Gasteiger partial charge in [0, 0.05) is 70.1 Å². The molecule has 0 aromatic heterocycles. The Balaban J connectivity index is 1.30. The van der Waals surface area contributed by atoms with Crippen LogP contribution in [-0.2, 0) is 11.3 Å². The van der Waals surface area contributed by atoms with Crippen molar-refractivity contribution >= 4 is 17.6 Å². The largest absolute Gasteiger partial charge is 0.381 e. The Kier molecular flexibility index (Phi) is 7.52. The van der Waals surface area contributed by atoms with E-state index in [1.807, 2.05) is 19.2 Å². The maximum absolute atomic E-state index is 6.14. The van der Waals surface area contributed by atoms with E-state index in [1.54, 1.807) is 0 Å². The van der Waals surface area contributed by atoms with Crippen LogP contribution in [0.25, 0.3) is 0 Å². The number of likely N-dealkylation sites (tertiary alicyclic amines) is 1. The molecule has 1 N–H and O–H groups in total. The third-order valence-corrected chi connectivity index (χ3v) is 7.19. The summed E-state index contributed by atoms with van der Waals surface area (Å²) >= 11 is 6.14. The van der Waals surface area contributed by atoms with Crippen LogP contribution in [0, 0.1) is 0 Å². The molecule has 3 heterocycles. The minimum absolute atomic E-state index is 0.221. The van der Waals surface area contributed by atoms with Crippen molar-refractivity contribution in [1.29, 1.82) is 0 Å². The Morgan fingerprint density at radius 2 is 1.83 bits per heavy atom. The molecule has 0 radical (unpaired) electrons. The van der Waals surface area contributed by atoms with E-state index in [4.69, 9.17) is 16.3 Å². The molecular formula is C23H36ClN5O. The molecule has 1 aromatic rings. The smallest absolute Gasteiger partial charge is 0.193 e. The van der Waals surface area contributed by atoms with E-state index >= 15 is 0 Å². The Morgan fingerprint density at radius 3 is 2.50 bits per heavy atom. The lowest BCUT2D eigenvalue weighted by Gasteiger charge is -2.45. The molecule has 30 heavy (non-hydrogen) atoms. The van der Waals surface area contributed by atoms with E-state index in [0.29, 0.717) is 0 Å². The fourth-order valence-electron chi connectivity index (χ4n) is 5.13. The molecule has 3 saturated heterocycles. The first-order valence-corrected chi connectivity index (χ1v) is 11.8. The van der Waals surface area contributed by atoms with Crippen LogP contribution in [0.15, 0.2) is 29.3 Å². The SMILES string of the molecule is CN=C(NCC1(N2CCCC2)CCOCC1)N1CCN(Cc2cccc(Cl)c2)CC1. The number of guanidine groups is 1. The number of aliphatic imine (C=N–C) groups is 1. The summed E-state index contributed by atoms with van der Waals surface area (Å²) in [4.78, 5) is 12.2. The van der Waals surface area contributed by atoms with Crippen molar-refractivity contribution in [2.24, 2.45) is 4.99 Å². The van der Waals surface area contributed by atoms with E-state index in [1.165, 1.54) is 31.5 Å². The molecule has 0 bridgehead atoms. The quantitative estimate of drug-likeness (QED) is 0.571. The highest BCUT2D eigenvalue weighted by molar-refractivity contribution is 6.30. The summed E-state index contributed by atoms with van der Waals surface area (Å²) in [5, 5.41) is 4.56. The number of hydrogen-bond donors (Lipinski definition) is 1. The second-order valence-electron chi connectivity index (χ2n) is 8.82. The van der Waals surface area contributed by atoms with Gasteiger partial charge in [-0.3, -0.25) is 14.8 Å². The van der Waals surface area contributed by atoms with Gasteiger partial charge in [0.2, 0.25) is 0 Å². The van der Waals surface area contributed by atoms with E-state index in [0.717, 1.165) is 76.3 Å². The van der Waals surface area contributed by atoms with Crippen molar-refractivity contribution in [3.05, 3.63) is 34.9 Å². The van der Waals surface area contributed by atoms with Gasteiger partial charge in [0.1, 0.15) is 0 Å². The zero-order valence-electron chi connectivity index (χ0n) is 18.3. The number of hydrogen-bond acceptors (Lipinski definition) is 4. The number of rotatable bonds is 5. The lowest BCUT2D eigenvalue weighted by Crippen LogP contribution is -2.60. The highest BCUT2D eigenvalue weighted by atomic mass is 35.5. The summed E-state index contributed by atoms with van der Waals surface area (Å²) < 4.78 is 5.69. The van der Waals surface area contributed by atoms with Crippen LogP contribution in [0.1, 0.15) is 31.2 Å². The topological polar surface area (TPSA) is 43.3 Å². The van der Waals surface area contributed by atoms with Gasteiger partial charge in [-0.15, -0.1) is 0 Å². The van der Waals surface area contributed by atoms with E-state index in [-0.39, 0.29) is 5.54 Å². The molecule has 0 unspecified atom stereocenters. The van der Waals surface area contributed by atoms with E-state index in [2.05, 4.69) is 37.1 Å². The average Bonchev–Trinajstić information content (AvgIpc) is 3.32. The lowest BCUT2D eigenvalue weighted by molar-refractivity contribution is -0.0167. The molecule has 3 fully saturated rings. The fraction of sp³-hybridized carbons (Fsp3) is 0.696. The van der Waals surface area contributed by atoms with Gasteiger partial charge < -0.3 is 15.0 Å². The molecule has 0 aliphatic carbocycles. The molecule has 4 rings (SSSR count). The van der Waals surface area contributed by atoms with Crippen molar-refractivity contribution < 1.29 is 4.74 Å². The number of nitrogens with zero attached hydrogens (tertiary/aromatic N) is 4. The molecule has 1 aromatic carbocycles. The third kappa shape index (κ3) is 5.28. The van der Waals surface area contributed by atoms with Crippen LogP contribution in [0.2, 0.25) is 5.02 Å². The fourth-order valence-corrected chi connectivity index (χ4v) is 5.35. The number of ether oxygens (including phenoxy) is 1. The molecule has 0 saturated carbocycles. The van der Waals surface area contributed by atoms with Gasteiger partial charge in [-0.25, -0.2) is 0 Å². The summed E-state index contributed by atoms with van der Waals surface area (Å²) in [6.07, 6.45) is 4.88. The van der Waals surface area contributed by atoms with Gasteiger partial charge in [0.15, 0.2) is 5.96 Å². The molecule has 0 spiro atoms. The molecule has 6 nitrogen and oxygen atoms in total. The molecule has 3 aliphatic heterocycles. The van der Waals surface area contributed by atoms with Crippen molar-refractivity contribution in [2.45, 2.75) is 37.8 Å². The maximum Gasteiger partial charge on any atom is 0.193 e. The Morgan fingerprint density at radius 1 is 1.10 bits per heavy atom. The van der Waals surface area contributed by atoms with Gasteiger partial charge in [0.25, 0.3) is 0 Å². The molecular weight excluding hydrogens is 398 g/mol. The second kappa shape index (κ2) is 10.3. The van der Waals surface area contributed by atoms with Crippen LogP contribution in [0.5, 0.6) is 0 Å². The molecule has 0 atom stereocenters. The predicted octanol–water partition coefficient (Wildman–Crippen LogP) is 2.68. The second-order valence-corrected chi connectivity index (χ2v) is 9.26. The summed E-state index contributed by atoms with van der Waals surface area (Å²) in [6, 6.07) is 8.20. The zero-order valence-corrected chi connectivity index (χ0v) is 19.0. The van der Waals surface area contributed by atoms with Gasteiger partial charge >= 0.3 is 0 Å². The number of piperazine rings is 1. The first-order chi connectivity index (χ1) is 14.7. The first-order valence-electron chi connectivity index (χ1n) is 11.4. The first kappa shape index (κ1) is 21.9. The highest BCUT2D eigenvalue weighted by Gasteiger charge is 2.40. The summed E-state index contributed by atoms with van der Waals surface area (Å²) in [5.74, 6) is 1.04. The van der Waals surface area contributed by atoms with Crippen LogP contribution in [0.3, 0.4) is 0 Å².